The highest BCUT2D eigenvalue weighted by Gasteiger charge is 2.10. The van der Waals surface area contributed by atoms with E-state index in [0.717, 1.165) is 36.8 Å². The lowest BCUT2D eigenvalue weighted by molar-refractivity contribution is 0.248. The minimum absolute atomic E-state index is 0.193. The molecule has 12 heteroatoms. The molecule has 2 aromatic carbocycles. The number of urea groups is 4. The molecule has 0 saturated carbocycles. The van der Waals surface area contributed by atoms with Crippen LogP contribution in [0.25, 0.3) is 0 Å². The van der Waals surface area contributed by atoms with Gasteiger partial charge in [-0.3, -0.25) is 0 Å². The number of aryl methyl sites for hydroxylation is 2. The third kappa shape index (κ3) is 33.1. The molecule has 0 saturated heterocycles. The van der Waals surface area contributed by atoms with E-state index in [0.29, 0.717) is 35.8 Å². The molecule has 0 radical (unpaired) electrons. The predicted molar refractivity (Wildman–Crippen MR) is 290 cm³/mol. The van der Waals surface area contributed by atoms with Gasteiger partial charge in [0.25, 0.3) is 0 Å². The Morgan fingerprint density at radius 3 is 0.824 bits per heavy atom. The van der Waals surface area contributed by atoms with Gasteiger partial charge in [0.05, 0.1) is 0 Å². The second-order valence-electron chi connectivity index (χ2n) is 19.2. The summed E-state index contributed by atoms with van der Waals surface area (Å²) in [5.41, 5.74) is 3.99. The molecular formula is C56H98N8O4. The standard InChI is InChI=1S/C56H98N8O4/c1-5-7-9-11-13-15-17-19-21-23-25-27-29-31-33-35-41-57-53(65)61-49-39-37-47(3)51(45-49)63-55(67)59-43-44-60-56(68)64-52-46-50(40-38-48(52)4)62-54(66)58-42-36-34-32-30-28-26-24-22-20-18-16-14-12-10-8-6-2/h37-40,45-46H,5-36,41-44H2,1-4H3,(H2,57,61,65)(H2,58,62,66)(H2,59,63,67)(H2,60,64,68). The first-order valence-corrected chi connectivity index (χ1v) is 27.6. The van der Waals surface area contributed by atoms with Crippen molar-refractivity contribution in [3.63, 3.8) is 0 Å². The molecule has 2 rings (SSSR count). The highest BCUT2D eigenvalue weighted by molar-refractivity contribution is 5.94. The average molecular weight is 947 g/mol. The minimum atomic E-state index is -0.428. The van der Waals surface area contributed by atoms with Crippen LogP contribution in [0.1, 0.15) is 230 Å². The van der Waals surface area contributed by atoms with Crippen LogP contribution < -0.4 is 42.5 Å². The van der Waals surface area contributed by atoms with Crippen LogP contribution in [0.3, 0.4) is 0 Å². The maximum absolute atomic E-state index is 12.7. The maximum atomic E-state index is 12.7. The molecule has 0 fully saturated rings. The van der Waals surface area contributed by atoms with E-state index < -0.39 is 12.1 Å². The largest absolute Gasteiger partial charge is 0.338 e. The number of hydrogen-bond acceptors (Lipinski definition) is 4. The number of nitrogens with one attached hydrogen (secondary N) is 8. The number of benzene rings is 2. The highest BCUT2D eigenvalue weighted by Crippen LogP contribution is 2.22. The van der Waals surface area contributed by atoms with Crippen LogP contribution in [0.15, 0.2) is 36.4 Å². The van der Waals surface area contributed by atoms with Crippen LogP contribution in [-0.4, -0.2) is 50.3 Å². The van der Waals surface area contributed by atoms with Crippen molar-refractivity contribution >= 4 is 46.9 Å². The molecule has 0 aromatic heterocycles. The van der Waals surface area contributed by atoms with Crippen molar-refractivity contribution in [2.75, 3.05) is 47.4 Å². The van der Waals surface area contributed by atoms with E-state index in [-0.39, 0.29) is 25.2 Å². The number of carbonyl (C=O) groups excluding carboxylic acids is 4. The molecule has 0 aliphatic heterocycles. The van der Waals surface area contributed by atoms with Crippen LogP contribution in [-0.2, 0) is 0 Å². The Hall–Kier alpha value is -4.48. The van der Waals surface area contributed by atoms with Gasteiger partial charge in [0.1, 0.15) is 0 Å². The molecule has 0 aliphatic carbocycles. The summed E-state index contributed by atoms with van der Waals surface area (Å²) in [7, 11) is 0. The third-order valence-corrected chi connectivity index (χ3v) is 12.8. The van der Waals surface area contributed by atoms with Crippen molar-refractivity contribution < 1.29 is 19.2 Å². The monoisotopic (exact) mass is 947 g/mol. The average Bonchev–Trinajstić information content (AvgIpc) is 3.32. The van der Waals surface area contributed by atoms with Crippen molar-refractivity contribution in [3.05, 3.63) is 47.5 Å². The number of hydrogen-bond donors (Lipinski definition) is 8. The topological polar surface area (TPSA) is 165 Å². The number of anilines is 4. The van der Waals surface area contributed by atoms with E-state index in [1.165, 1.54) is 180 Å². The summed E-state index contributed by atoms with van der Waals surface area (Å²) >= 11 is 0. The summed E-state index contributed by atoms with van der Waals surface area (Å²) in [5, 5.41) is 22.8. The quantitative estimate of drug-likeness (QED) is 0.0311. The lowest BCUT2D eigenvalue weighted by atomic mass is 10.0. The van der Waals surface area contributed by atoms with Gasteiger partial charge in [-0.05, 0) is 62.1 Å². The molecular weight excluding hydrogens is 849 g/mol. The first-order valence-electron chi connectivity index (χ1n) is 27.6. The zero-order valence-corrected chi connectivity index (χ0v) is 43.6. The summed E-state index contributed by atoms with van der Waals surface area (Å²) in [4.78, 5) is 50.5. The first-order chi connectivity index (χ1) is 33.2. The molecule has 2 aromatic rings. The van der Waals surface area contributed by atoms with Crippen molar-refractivity contribution in [2.24, 2.45) is 0 Å². The first kappa shape index (κ1) is 59.6. The highest BCUT2D eigenvalue weighted by atomic mass is 16.2. The van der Waals surface area contributed by atoms with E-state index >= 15 is 0 Å². The summed E-state index contributed by atoms with van der Waals surface area (Å²) < 4.78 is 0. The minimum Gasteiger partial charge on any atom is -0.338 e. The number of amides is 8. The zero-order valence-electron chi connectivity index (χ0n) is 43.6. The van der Waals surface area contributed by atoms with Gasteiger partial charge >= 0.3 is 24.1 Å². The molecule has 0 spiro atoms. The van der Waals surface area contributed by atoms with Gasteiger partial charge < -0.3 is 42.5 Å². The lowest BCUT2D eigenvalue weighted by Crippen LogP contribution is -2.38. The number of rotatable bonds is 41. The lowest BCUT2D eigenvalue weighted by Gasteiger charge is -2.14. The molecule has 0 atom stereocenters. The Morgan fingerprint density at radius 1 is 0.309 bits per heavy atom. The molecule has 0 unspecified atom stereocenters. The van der Waals surface area contributed by atoms with Crippen LogP contribution in [0.2, 0.25) is 0 Å². The molecule has 12 nitrogen and oxygen atoms in total. The Balaban J connectivity index is 1.51. The van der Waals surface area contributed by atoms with Gasteiger partial charge in [-0.1, -0.05) is 219 Å². The number of unbranched alkanes of at least 4 members (excludes halogenated alkanes) is 30. The molecule has 0 aliphatic rings. The third-order valence-electron chi connectivity index (χ3n) is 12.8. The van der Waals surface area contributed by atoms with E-state index in [1.807, 2.05) is 26.0 Å². The van der Waals surface area contributed by atoms with Gasteiger partial charge in [-0.15, -0.1) is 0 Å². The van der Waals surface area contributed by atoms with Gasteiger partial charge in [-0.2, -0.15) is 0 Å². The van der Waals surface area contributed by atoms with Crippen LogP contribution in [0, 0.1) is 13.8 Å². The zero-order chi connectivity index (χ0) is 49.1. The van der Waals surface area contributed by atoms with Crippen LogP contribution in [0.5, 0.6) is 0 Å². The second-order valence-corrected chi connectivity index (χ2v) is 19.2. The normalized spacial score (nSPS) is 10.9. The van der Waals surface area contributed by atoms with Gasteiger partial charge in [0, 0.05) is 48.9 Å². The van der Waals surface area contributed by atoms with Gasteiger partial charge in [-0.25, -0.2) is 19.2 Å². The van der Waals surface area contributed by atoms with Gasteiger partial charge in [0.2, 0.25) is 0 Å². The van der Waals surface area contributed by atoms with Crippen molar-refractivity contribution in [1.82, 2.24) is 21.3 Å². The Labute approximate surface area is 414 Å². The SMILES string of the molecule is CCCCCCCCCCCCCCCCCCNC(=O)Nc1ccc(C)c(NC(=O)NCCNC(=O)Nc2cc(NC(=O)NCCCCCCCCCCCCCCCCCC)ccc2C)c1. The Bertz CT molecular complexity index is 1500. The van der Waals surface area contributed by atoms with Crippen molar-refractivity contribution in [2.45, 2.75) is 233 Å². The molecule has 0 bridgehead atoms. The molecule has 8 N–H and O–H groups in total. The van der Waals surface area contributed by atoms with E-state index in [4.69, 9.17) is 0 Å². The molecule has 68 heavy (non-hydrogen) atoms. The Kier molecular flexibility index (Phi) is 36.4. The van der Waals surface area contributed by atoms with Crippen molar-refractivity contribution in [3.8, 4) is 0 Å². The fourth-order valence-electron chi connectivity index (χ4n) is 8.45. The molecule has 0 heterocycles. The molecule has 386 valence electrons. The van der Waals surface area contributed by atoms with Gasteiger partial charge in [0.15, 0.2) is 0 Å². The molecule has 8 amide bonds. The van der Waals surface area contributed by atoms with Crippen LogP contribution >= 0.6 is 0 Å². The van der Waals surface area contributed by atoms with E-state index in [2.05, 4.69) is 56.4 Å². The second kappa shape index (κ2) is 41.5. The van der Waals surface area contributed by atoms with E-state index in [9.17, 15) is 19.2 Å². The smallest absolute Gasteiger partial charge is 0.319 e. The summed E-state index contributed by atoms with van der Waals surface area (Å²) in [5.74, 6) is 0. The summed E-state index contributed by atoms with van der Waals surface area (Å²) in [6.45, 7) is 9.93. The summed E-state index contributed by atoms with van der Waals surface area (Å²) in [6, 6.07) is 9.36. The predicted octanol–water partition coefficient (Wildman–Crippen LogP) is 16.0. The fourth-order valence-corrected chi connectivity index (χ4v) is 8.45. The van der Waals surface area contributed by atoms with E-state index in [1.54, 1.807) is 24.3 Å². The van der Waals surface area contributed by atoms with Crippen molar-refractivity contribution in [1.29, 1.82) is 0 Å². The van der Waals surface area contributed by atoms with Crippen LogP contribution in [0.4, 0.5) is 41.9 Å². The Morgan fingerprint density at radius 2 is 0.544 bits per heavy atom. The maximum Gasteiger partial charge on any atom is 0.319 e. The number of carbonyl (C=O) groups is 4. The fraction of sp³-hybridized carbons (Fsp3) is 0.714. The summed E-state index contributed by atoms with van der Waals surface area (Å²) in [6.07, 6.45) is 42.0.